The van der Waals surface area contributed by atoms with E-state index in [1.165, 1.54) is 41.5 Å². The van der Waals surface area contributed by atoms with E-state index in [0.717, 1.165) is 31.1 Å². The maximum Gasteiger partial charge on any atom is 0.146 e. The molecule has 1 fully saturated rings. The zero-order valence-corrected chi connectivity index (χ0v) is 14.5. The van der Waals surface area contributed by atoms with Gasteiger partial charge in [0.1, 0.15) is 17.8 Å². The van der Waals surface area contributed by atoms with Crippen molar-refractivity contribution in [3.05, 3.63) is 53.5 Å². The molecule has 0 aliphatic carbocycles. The predicted molar refractivity (Wildman–Crippen MR) is 98.6 cm³/mol. The molecule has 1 saturated heterocycles. The fraction of sp³-hybridized carbons (Fsp3) is 0.400. The van der Waals surface area contributed by atoms with Crippen LogP contribution in [-0.4, -0.2) is 27.6 Å². The standard InChI is InChI=1S/C20H24N4/c1-15-16(2)24(13-17-9-5-3-6-10-17)20-18(15)19(21-14-22-20)23-11-7-4-8-12-23/h3,5-6,9-10,14H,4,7-8,11-13H2,1-2H3. The molecule has 3 aromatic rings. The second-order valence-corrected chi connectivity index (χ2v) is 6.73. The van der Waals surface area contributed by atoms with Crippen LogP contribution in [0.2, 0.25) is 0 Å². The lowest BCUT2D eigenvalue weighted by Crippen LogP contribution is -2.30. The van der Waals surface area contributed by atoms with Crippen molar-refractivity contribution in [1.82, 2.24) is 14.5 Å². The summed E-state index contributed by atoms with van der Waals surface area (Å²) in [4.78, 5) is 11.7. The van der Waals surface area contributed by atoms with Gasteiger partial charge in [0.2, 0.25) is 0 Å². The predicted octanol–water partition coefficient (Wildman–Crippen LogP) is 4.09. The minimum absolute atomic E-state index is 0.855. The molecule has 2 aromatic heterocycles. The van der Waals surface area contributed by atoms with Crippen molar-refractivity contribution in [2.45, 2.75) is 39.7 Å². The molecule has 1 aliphatic rings. The van der Waals surface area contributed by atoms with Gasteiger partial charge in [0.05, 0.1) is 5.39 Å². The van der Waals surface area contributed by atoms with Gasteiger partial charge < -0.3 is 9.47 Å². The van der Waals surface area contributed by atoms with Gasteiger partial charge in [-0.2, -0.15) is 0 Å². The monoisotopic (exact) mass is 320 g/mol. The first-order valence-electron chi connectivity index (χ1n) is 8.85. The summed E-state index contributed by atoms with van der Waals surface area (Å²) in [5, 5.41) is 1.23. The minimum atomic E-state index is 0.855. The molecule has 0 N–H and O–H groups in total. The molecule has 4 rings (SSSR count). The molecular weight excluding hydrogens is 296 g/mol. The van der Waals surface area contributed by atoms with Crippen LogP contribution in [0.4, 0.5) is 5.82 Å². The van der Waals surface area contributed by atoms with Crippen LogP contribution >= 0.6 is 0 Å². The van der Waals surface area contributed by atoms with E-state index in [1.54, 1.807) is 6.33 Å². The van der Waals surface area contributed by atoms with Crippen molar-refractivity contribution in [2.24, 2.45) is 0 Å². The van der Waals surface area contributed by atoms with Crippen LogP contribution in [0.25, 0.3) is 11.0 Å². The fourth-order valence-corrected chi connectivity index (χ4v) is 3.75. The highest BCUT2D eigenvalue weighted by Gasteiger charge is 2.21. The van der Waals surface area contributed by atoms with E-state index in [4.69, 9.17) is 0 Å². The molecule has 0 radical (unpaired) electrons. The first kappa shape index (κ1) is 15.2. The number of hydrogen-bond acceptors (Lipinski definition) is 3. The molecule has 3 heterocycles. The summed E-state index contributed by atoms with van der Waals surface area (Å²) in [7, 11) is 0. The van der Waals surface area contributed by atoms with Crippen LogP contribution in [0, 0.1) is 13.8 Å². The lowest BCUT2D eigenvalue weighted by atomic mass is 10.1. The Morgan fingerprint density at radius 2 is 1.71 bits per heavy atom. The summed E-state index contributed by atoms with van der Waals surface area (Å²) in [5.74, 6) is 1.12. The summed E-state index contributed by atoms with van der Waals surface area (Å²) in [5.41, 5.74) is 4.95. The van der Waals surface area contributed by atoms with E-state index >= 15 is 0 Å². The Balaban J connectivity index is 1.82. The molecule has 0 unspecified atom stereocenters. The number of nitrogens with zero attached hydrogens (tertiary/aromatic N) is 4. The molecular formula is C20H24N4. The molecule has 0 amide bonds. The average Bonchev–Trinajstić information content (AvgIpc) is 2.88. The summed E-state index contributed by atoms with van der Waals surface area (Å²) in [6.45, 7) is 7.46. The number of aromatic nitrogens is 3. The Labute approximate surface area is 143 Å². The van der Waals surface area contributed by atoms with Crippen LogP contribution < -0.4 is 4.90 Å². The Morgan fingerprint density at radius 1 is 0.958 bits per heavy atom. The molecule has 0 bridgehead atoms. The summed E-state index contributed by atoms with van der Waals surface area (Å²) < 4.78 is 2.33. The summed E-state index contributed by atoms with van der Waals surface area (Å²) in [6, 6.07) is 10.6. The van der Waals surface area contributed by atoms with Gasteiger partial charge in [0, 0.05) is 25.3 Å². The van der Waals surface area contributed by atoms with Gasteiger partial charge in [-0.15, -0.1) is 0 Å². The van der Waals surface area contributed by atoms with E-state index in [9.17, 15) is 0 Å². The minimum Gasteiger partial charge on any atom is -0.356 e. The number of benzene rings is 1. The molecule has 4 heteroatoms. The highest BCUT2D eigenvalue weighted by molar-refractivity contribution is 5.92. The third-order valence-electron chi connectivity index (χ3n) is 5.22. The zero-order valence-electron chi connectivity index (χ0n) is 14.5. The van der Waals surface area contributed by atoms with E-state index in [1.807, 2.05) is 0 Å². The smallest absolute Gasteiger partial charge is 0.146 e. The Hall–Kier alpha value is -2.36. The number of fused-ring (bicyclic) bond motifs is 1. The SMILES string of the molecule is Cc1c(C)n(Cc2ccccc2)c2ncnc(N3CCCCC3)c12. The van der Waals surface area contributed by atoms with Gasteiger partial charge in [-0.1, -0.05) is 30.3 Å². The topological polar surface area (TPSA) is 34.0 Å². The van der Waals surface area contributed by atoms with Crippen molar-refractivity contribution in [2.75, 3.05) is 18.0 Å². The van der Waals surface area contributed by atoms with E-state index in [0.29, 0.717) is 0 Å². The van der Waals surface area contributed by atoms with Gasteiger partial charge >= 0.3 is 0 Å². The van der Waals surface area contributed by atoms with Gasteiger partial charge in [-0.25, -0.2) is 9.97 Å². The molecule has 4 nitrogen and oxygen atoms in total. The zero-order chi connectivity index (χ0) is 16.5. The Morgan fingerprint density at radius 3 is 2.46 bits per heavy atom. The molecule has 0 atom stereocenters. The van der Waals surface area contributed by atoms with Gasteiger partial charge in [-0.3, -0.25) is 0 Å². The number of rotatable bonds is 3. The lowest BCUT2D eigenvalue weighted by molar-refractivity contribution is 0.574. The maximum atomic E-state index is 4.65. The number of aryl methyl sites for hydroxylation is 1. The molecule has 24 heavy (non-hydrogen) atoms. The quantitative estimate of drug-likeness (QED) is 0.729. The van der Waals surface area contributed by atoms with Crippen molar-refractivity contribution >= 4 is 16.9 Å². The van der Waals surface area contributed by atoms with Crippen LogP contribution in [-0.2, 0) is 6.54 Å². The molecule has 0 spiro atoms. The second-order valence-electron chi connectivity index (χ2n) is 6.73. The molecule has 1 aliphatic heterocycles. The molecule has 1 aromatic carbocycles. The van der Waals surface area contributed by atoms with Crippen LogP contribution in [0.15, 0.2) is 36.7 Å². The van der Waals surface area contributed by atoms with E-state index < -0.39 is 0 Å². The Kier molecular flexibility index (Phi) is 3.97. The summed E-state index contributed by atoms with van der Waals surface area (Å²) >= 11 is 0. The third-order valence-corrected chi connectivity index (χ3v) is 5.22. The van der Waals surface area contributed by atoms with Crippen LogP contribution in [0.1, 0.15) is 36.1 Å². The first-order chi connectivity index (χ1) is 11.8. The highest BCUT2D eigenvalue weighted by atomic mass is 15.2. The fourth-order valence-electron chi connectivity index (χ4n) is 3.75. The van der Waals surface area contributed by atoms with Crippen molar-refractivity contribution < 1.29 is 0 Å². The van der Waals surface area contributed by atoms with E-state index in [2.05, 4.69) is 63.6 Å². The lowest BCUT2D eigenvalue weighted by Gasteiger charge is -2.28. The van der Waals surface area contributed by atoms with Crippen molar-refractivity contribution in [1.29, 1.82) is 0 Å². The Bertz CT molecular complexity index is 845. The normalized spacial score (nSPS) is 15.2. The third kappa shape index (κ3) is 2.56. The van der Waals surface area contributed by atoms with Crippen molar-refractivity contribution in [3.63, 3.8) is 0 Å². The van der Waals surface area contributed by atoms with Gasteiger partial charge in [0.25, 0.3) is 0 Å². The number of hydrogen-bond donors (Lipinski definition) is 0. The number of anilines is 1. The summed E-state index contributed by atoms with van der Waals surface area (Å²) in [6.07, 6.45) is 5.58. The number of piperidine rings is 1. The van der Waals surface area contributed by atoms with Gasteiger partial charge in [-0.05, 0) is 44.2 Å². The first-order valence-corrected chi connectivity index (χ1v) is 8.85. The van der Waals surface area contributed by atoms with Crippen molar-refractivity contribution in [3.8, 4) is 0 Å². The highest BCUT2D eigenvalue weighted by Crippen LogP contribution is 2.32. The van der Waals surface area contributed by atoms with E-state index in [-0.39, 0.29) is 0 Å². The largest absolute Gasteiger partial charge is 0.356 e. The molecule has 0 saturated carbocycles. The van der Waals surface area contributed by atoms with Gasteiger partial charge in [0.15, 0.2) is 0 Å². The van der Waals surface area contributed by atoms with Crippen LogP contribution in [0.3, 0.4) is 0 Å². The molecule has 124 valence electrons. The second kappa shape index (κ2) is 6.27. The maximum absolute atomic E-state index is 4.65. The van der Waals surface area contributed by atoms with Crippen LogP contribution in [0.5, 0.6) is 0 Å². The average molecular weight is 320 g/mol.